The van der Waals surface area contributed by atoms with Crippen molar-refractivity contribution in [2.75, 3.05) is 0 Å². The Balaban J connectivity index is 2.15. The second-order valence-electron chi connectivity index (χ2n) is 8.18. The zero-order valence-corrected chi connectivity index (χ0v) is 18.6. The van der Waals surface area contributed by atoms with Gasteiger partial charge in [-0.25, -0.2) is 8.78 Å². The van der Waals surface area contributed by atoms with Crippen LogP contribution in [0.25, 0.3) is 0 Å². The number of nitrogens with one attached hydrogen (secondary N) is 2. The number of alkyl halides is 3. The number of carbonyl (C=O) groups is 3. The third-order valence-electron chi connectivity index (χ3n) is 5.02. The average molecular weight is 484 g/mol. The van der Waals surface area contributed by atoms with Crippen molar-refractivity contribution in [1.82, 2.24) is 10.6 Å². The molecule has 2 rings (SSSR count). The molecule has 2 aromatic rings. The van der Waals surface area contributed by atoms with Crippen molar-refractivity contribution < 1.29 is 36.3 Å². The molecule has 0 bridgehead atoms. The van der Waals surface area contributed by atoms with Gasteiger partial charge < -0.3 is 10.6 Å². The summed E-state index contributed by atoms with van der Waals surface area (Å²) < 4.78 is 65.6. The molecule has 0 aliphatic carbocycles. The van der Waals surface area contributed by atoms with Gasteiger partial charge in [0.25, 0.3) is 5.78 Å². The van der Waals surface area contributed by atoms with Crippen LogP contribution in [0.5, 0.6) is 0 Å². The lowest BCUT2D eigenvalue weighted by Crippen LogP contribution is -2.56. The molecule has 0 saturated carbocycles. The van der Waals surface area contributed by atoms with Gasteiger partial charge >= 0.3 is 6.18 Å². The average Bonchev–Trinajstić information content (AvgIpc) is 2.74. The molecule has 184 valence electrons. The van der Waals surface area contributed by atoms with Gasteiger partial charge in [-0.2, -0.15) is 13.2 Å². The Morgan fingerprint density at radius 2 is 1.47 bits per heavy atom. The second-order valence-corrected chi connectivity index (χ2v) is 8.18. The first kappa shape index (κ1) is 26.9. The molecular weight excluding hydrogens is 459 g/mol. The molecule has 0 unspecified atom stereocenters. The minimum atomic E-state index is -5.14. The fraction of sp³-hybridized carbons (Fsp3) is 0.375. The third kappa shape index (κ3) is 8.24. The summed E-state index contributed by atoms with van der Waals surface area (Å²) in [6.45, 7) is 2.72. The molecule has 0 aromatic heterocycles. The van der Waals surface area contributed by atoms with E-state index in [4.69, 9.17) is 0 Å². The Morgan fingerprint density at radius 1 is 0.882 bits per heavy atom. The number of benzene rings is 2. The van der Waals surface area contributed by atoms with Crippen molar-refractivity contribution in [1.29, 1.82) is 0 Å². The monoisotopic (exact) mass is 484 g/mol. The topological polar surface area (TPSA) is 75.3 Å². The molecule has 0 heterocycles. The van der Waals surface area contributed by atoms with Crippen LogP contribution in [0.3, 0.4) is 0 Å². The maximum Gasteiger partial charge on any atom is 0.452 e. The van der Waals surface area contributed by atoms with Gasteiger partial charge in [-0.1, -0.05) is 44.2 Å². The van der Waals surface area contributed by atoms with Crippen LogP contribution in [-0.2, 0) is 27.2 Å². The van der Waals surface area contributed by atoms with Crippen molar-refractivity contribution in [3.05, 3.63) is 71.3 Å². The van der Waals surface area contributed by atoms with Crippen LogP contribution in [0.2, 0.25) is 0 Å². The number of Topliss-reactive ketones (excluding diaryl/α,β-unsaturated/α-hetero) is 1. The van der Waals surface area contributed by atoms with Crippen LogP contribution in [0.15, 0.2) is 48.5 Å². The Morgan fingerprint density at radius 3 is 2.00 bits per heavy atom. The number of carbonyl (C=O) groups excluding carboxylic acids is 3. The molecule has 10 heteroatoms. The van der Waals surface area contributed by atoms with Gasteiger partial charge in [0, 0.05) is 18.9 Å². The van der Waals surface area contributed by atoms with Gasteiger partial charge in [0.05, 0.1) is 6.04 Å². The van der Waals surface area contributed by atoms with Gasteiger partial charge in [0.15, 0.2) is 0 Å². The SMILES string of the molecule is CC(C)[C@H](NC(=O)[C@H](Cc1ccccc1)NC(=O)CCc1cc(F)cc(F)c1)C(=O)C(F)(F)F. The predicted molar refractivity (Wildman–Crippen MR) is 115 cm³/mol. The van der Waals surface area contributed by atoms with Crippen molar-refractivity contribution in [3.63, 3.8) is 0 Å². The van der Waals surface area contributed by atoms with Crippen molar-refractivity contribution in [2.24, 2.45) is 5.92 Å². The summed E-state index contributed by atoms with van der Waals surface area (Å²) >= 11 is 0. The van der Waals surface area contributed by atoms with E-state index in [1.807, 2.05) is 0 Å². The summed E-state index contributed by atoms with van der Waals surface area (Å²) in [6.07, 6.45) is -5.43. The van der Waals surface area contributed by atoms with E-state index in [0.717, 1.165) is 12.1 Å². The molecule has 0 aliphatic rings. The standard InChI is InChI=1S/C24H25F5N2O3/c1-14(2)21(22(33)24(27,28)29)31-23(34)19(12-15-6-4-3-5-7-15)30-20(32)9-8-16-10-17(25)13-18(26)11-16/h3-7,10-11,13-14,19,21H,8-9,12H2,1-2H3,(H,30,32)(H,31,34)/t19-,21-/m0/s1. The Bertz CT molecular complexity index is 989. The van der Waals surface area contributed by atoms with Gasteiger partial charge in [0.1, 0.15) is 17.7 Å². The molecule has 0 fully saturated rings. The van der Waals surface area contributed by atoms with Crippen LogP contribution in [0, 0.1) is 17.6 Å². The van der Waals surface area contributed by atoms with Crippen molar-refractivity contribution in [2.45, 2.75) is 51.4 Å². The number of rotatable bonds is 10. The highest BCUT2D eigenvalue weighted by Gasteiger charge is 2.45. The highest BCUT2D eigenvalue weighted by molar-refractivity contribution is 5.95. The molecule has 2 N–H and O–H groups in total. The molecule has 5 nitrogen and oxygen atoms in total. The minimum Gasteiger partial charge on any atom is -0.344 e. The van der Waals surface area contributed by atoms with E-state index in [1.165, 1.54) is 13.8 Å². The fourth-order valence-corrected chi connectivity index (χ4v) is 3.30. The molecule has 0 aliphatic heterocycles. The third-order valence-corrected chi connectivity index (χ3v) is 5.02. The zero-order chi connectivity index (χ0) is 25.5. The van der Waals surface area contributed by atoms with Gasteiger partial charge in [-0.3, -0.25) is 14.4 Å². The minimum absolute atomic E-state index is 0.0264. The Kier molecular flexibility index (Phi) is 9.28. The molecule has 0 saturated heterocycles. The number of halogens is 5. The first-order valence-electron chi connectivity index (χ1n) is 10.6. The predicted octanol–water partition coefficient (Wildman–Crippen LogP) is 3.90. The van der Waals surface area contributed by atoms with Crippen LogP contribution in [0.4, 0.5) is 22.0 Å². The lowest BCUT2D eigenvalue weighted by molar-refractivity contribution is -0.175. The molecule has 0 radical (unpaired) electrons. The summed E-state index contributed by atoms with van der Waals surface area (Å²) in [5.74, 6) is -6.14. The summed E-state index contributed by atoms with van der Waals surface area (Å²) in [5.41, 5.74) is 0.853. The quantitative estimate of drug-likeness (QED) is 0.503. The summed E-state index contributed by atoms with van der Waals surface area (Å²) in [7, 11) is 0. The number of hydrogen-bond acceptors (Lipinski definition) is 3. The van der Waals surface area contributed by atoms with E-state index < -0.39 is 53.4 Å². The Labute approximate surface area is 193 Å². The lowest BCUT2D eigenvalue weighted by atomic mass is 9.98. The van der Waals surface area contributed by atoms with E-state index in [2.05, 4.69) is 10.6 Å². The molecule has 34 heavy (non-hydrogen) atoms. The van der Waals surface area contributed by atoms with Gasteiger partial charge in [-0.05, 0) is 35.6 Å². The summed E-state index contributed by atoms with van der Waals surface area (Å²) in [4.78, 5) is 37.1. The molecular formula is C24H25F5N2O3. The van der Waals surface area contributed by atoms with E-state index in [-0.39, 0.29) is 24.8 Å². The van der Waals surface area contributed by atoms with Crippen LogP contribution < -0.4 is 10.6 Å². The summed E-state index contributed by atoms with van der Waals surface area (Å²) in [6, 6.07) is 8.18. The van der Waals surface area contributed by atoms with E-state index in [1.54, 1.807) is 30.3 Å². The van der Waals surface area contributed by atoms with E-state index in [0.29, 0.717) is 11.6 Å². The maximum atomic E-state index is 13.3. The highest BCUT2D eigenvalue weighted by atomic mass is 19.4. The smallest absolute Gasteiger partial charge is 0.344 e. The fourth-order valence-electron chi connectivity index (χ4n) is 3.30. The Hall–Kier alpha value is -3.30. The number of ketones is 1. The van der Waals surface area contributed by atoms with Crippen LogP contribution >= 0.6 is 0 Å². The normalized spacial score (nSPS) is 13.3. The van der Waals surface area contributed by atoms with Crippen molar-refractivity contribution in [3.8, 4) is 0 Å². The van der Waals surface area contributed by atoms with E-state index >= 15 is 0 Å². The maximum absolute atomic E-state index is 13.3. The first-order chi connectivity index (χ1) is 15.9. The van der Waals surface area contributed by atoms with Crippen molar-refractivity contribution >= 4 is 17.6 Å². The molecule has 2 amide bonds. The second kappa shape index (κ2) is 11.7. The molecule has 0 spiro atoms. The zero-order valence-electron chi connectivity index (χ0n) is 18.6. The first-order valence-corrected chi connectivity index (χ1v) is 10.6. The van der Waals surface area contributed by atoms with Gasteiger partial charge in [-0.15, -0.1) is 0 Å². The number of hydrogen-bond donors (Lipinski definition) is 2. The molecule has 2 aromatic carbocycles. The van der Waals surface area contributed by atoms with Gasteiger partial charge in [0.2, 0.25) is 11.8 Å². The largest absolute Gasteiger partial charge is 0.452 e. The number of aryl methyl sites for hydroxylation is 1. The van der Waals surface area contributed by atoms with Crippen LogP contribution in [0.1, 0.15) is 31.4 Å². The number of amides is 2. The lowest BCUT2D eigenvalue weighted by Gasteiger charge is -2.25. The van der Waals surface area contributed by atoms with Crippen LogP contribution in [-0.4, -0.2) is 35.9 Å². The highest BCUT2D eigenvalue weighted by Crippen LogP contribution is 2.21. The summed E-state index contributed by atoms with van der Waals surface area (Å²) in [5, 5.41) is 4.57. The molecule has 2 atom stereocenters. The van der Waals surface area contributed by atoms with E-state index in [9.17, 15) is 36.3 Å².